The van der Waals surface area contributed by atoms with Crippen LogP contribution in [0.2, 0.25) is 0 Å². The van der Waals surface area contributed by atoms with Crippen LogP contribution in [0.1, 0.15) is 72.1 Å². The van der Waals surface area contributed by atoms with E-state index in [0.717, 1.165) is 45.3 Å². The molecule has 0 radical (unpaired) electrons. The van der Waals surface area contributed by atoms with Gasteiger partial charge in [-0.05, 0) is 44.6 Å². The highest BCUT2D eigenvalue weighted by atomic mass is 16.2. The van der Waals surface area contributed by atoms with Crippen LogP contribution in [0.3, 0.4) is 0 Å². The highest BCUT2D eigenvalue weighted by molar-refractivity contribution is 5.83. The van der Waals surface area contributed by atoms with E-state index in [1.54, 1.807) is 0 Å². The third-order valence-electron chi connectivity index (χ3n) is 5.24. The predicted molar refractivity (Wildman–Crippen MR) is 88.3 cm³/mol. The van der Waals surface area contributed by atoms with Crippen molar-refractivity contribution < 1.29 is 4.79 Å². The van der Waals surface area contributed by atoms with Crippen molar-refractivity contribution in [1.82, 2.24) is 10.2 Å². The van der Waals surface area contributed by atoms with Gasteiger partial charge >= 0.3 is 0 Å². The van der Waals surface area contributed by atoms with Gasteiger partial charge in [-0.3, -0.25) is 4.79 Å². The van der Waals surface area contributed by atoms with Gasteiger partial charge < -0.3 is 10.2 Å². The van der Waals surface area contributed by atoms with Gasteiger partial charge in [0.1, 0.15) is 0 Å². The van der Waals surface area contributed by atoms with Gasteiger partial charge in [0.15, 0.2) is 0 Å². The Morgan fingerprint density at radius 2 is 2.00 bits per heavy atom. The third kappa shape index (κ3) is 4.00. The van der Waals surface area contributed by atoms with Gasteiger partial charge in [-0.2, -0.15) is 0 Å². The minimum atomic E-state index is -0.121. The lowest BCUT2D eigenvalue weighted by molar-refractivity contribution is -0.147. The third-order valence-corrected chi connectivity index (χ3v) is 5.24. The van der Waals surface area contributed by atoms with E-state index in [-0.39, 0.29) is 5.41 Å². The molecule has 2 rings (SSSR count). The Balaban J connectivity index is 2.16. The van der Waals surface area contributed by atoms with E-state index in [2.05, 4.69) is 31.0 Å². The van der Waals surface area contributed by atoms with Crippen LogP contribution in [-0.2, 0) is 4.79 Å². The summed E-state index contributed by atoms with van der Waals surface area (Å²) in [6, 6.07) is 0.510. The molecule has 1 aliphatic carbocycles. The summed E-state index contributed by atoms with van der Waals surface area (Å²) in [6.07, 6.45) is 9.40. The van der Waals surface area contributed by atoms with Crippen molar-refractivity contribution in [2.24, 2.45) is 11.3 Å². The molecule has 1 saturated carbocycles. The van der Waals surface area contributed by atoms with Crippen LogP contribution in [-0.4, -0.2) is 36.5 Å². The molecule has 1 N–H and O–H groups in total. The topological polar surface area (TPSA) is 32.3 Å². The Bertz CT molecular complexity index is 323. The van der Waals surface area contributed by atoms with Crippen molar-refractivity contribution in [3.05, 3.63) is 0 Å². The molecule has 3 heteroatoms. The van der Waals surface area contributed by atoms with E-state index in [0.29, 0.717) is 17.9 Å². The lowest BCUT2D eigenvalue weighted by Crippen LogP contribution is -2.54. The van der Waals surface area contributed by atoms with E-state index in [9.17, 15) is 4.79 Å². The number of rotatable bonds is 6. The first-order valence-electron chi connectivity index (χ1n) is 9.11. The molecule has 3 nitrogen and oxygen atoms in total. The number of hydrogen-bond acceptors (Lipinski definition) is 2. The number of piperidine rings is 1. The summed E-state index contributed by atoms with van der Waals surface area (Å²) >= 11 is 0. The summed E-state index contributed by atoms with van der Waals surface area (Å²) in [4.78, 5) is 15.7. The number of nitrogens with one attached hydrogen (secondary N) is 1. The molecule has 2 aliphatic rings. The standard InChI is InChI=1S/C18H34N2O/c1-4-10-18(11-7-12-19-14-18)17(21)20(13-15(2)3)16-8-5-6-9-16/h15-16,19H,4-14H2,1-3H3. The molecule has 0 aromatic heterocycles. The molecule has 1 unspecified atom stereocenters. The minimum absolute atomic E-state index is 0.121. The second-order valence-electron chi connectivity index (χ2n) is 7.60. The molecular weight excluding hydrogens is 260 g/mol. The van der Waals surface area contributed by atoms with E-state index < -0.39 is 0 Å². The summed E-state index contributed by atoms with van der Waals surface area (Å²) < 4.78 is 0. The molecule has 2 fully saturated rings. The maximum Gasteiger partial charge on any atom is 0.230 e. The number of hydrogen-bond donors (Lipinski definition) is 1. The quantitative estimate of drug-likeness (QED) is 0.812. The minimum Gasteiger partial charge on any atom is -0.339 e. The number of nitrogens with zero attached hydrogens (tertiary/aromatic N) is 1. The van der Waals surface area contributed by atoms with Crippen molar-refractivity contribution in [3.63, 3.8) is 0 Å². The largest absolute Gasteiger partial charge is 0.339 e. The van der Waals surface area contributed by atoms with Crippen LogP contribution in [0, 0.1) is 11.3 Å². The van der Waals surface area contributed by atoms with Crippen molar-refractivity contribution in [2.75, 3.05) is 19.6 Å². The number of carbonyl (C=O) groups is 1. The molecule has 122 valence electrons. The highest BCUT2D eigenvalue weighted by Gasteiger charge is 2.43. The van der Waals surface area contributed by atoms with Gasteiger partial charge in [0.25, 0.3) is 0 Å². The maximum atomic E-state index is 13.4. The van der Waals surface area contributed by atoms with Gasteiger partial charge in [0.05, 0.1) is 5.41 Å². The monoisotopic (exact) mass is 294 g/mol. The fraction of sp³-hybridized carbons (Fsp3) is 0.944. The number of carbonyl (C=O) groups excluding carboxylic acids is 1. The van der Waals surface area contributed by atoms with Crippen LogP contribution in [0.25, 0.3) is 0 Å². The average Bonchev–Trinajstić information content (AvgIpc) is 2.99. The number of amides is 1. The van der Waals surface area contributed by atoms with Crippen molar-refractivity contribution >= 4 is 5.91 Å². The van der Waals surface area contributed by atoms with Gasteiger partial charge in [0, 0.05) is 19.1 Å². The summed E-state index contributed by atoms with van der Waals surface area (Å²) in [6.45, 7) is 9.59. The second-order valence-corrected chi connectivity index (χ2v) is 7.60. The predicted octanol–water partition coefficient (Wildman–Crippen LogP) is 3.58. The Hall–Kier alpha value is -0.570. The first kappa shape index (κ1) is 16.8. The molecule has 0 spiro atoms. The SMILES string of the molecule is CCCC1(C(=O)N(CC(C)C)C2CCCC2)CCCNC1. The molecule has 1 amide bonds. The van der Waals surface area contributed by atoms with Gasteiger partial charge in [-0.1, -0.05) is 40.0 Å². The van der Waals surface area contributed by atoms with Crippen LogP contribution >= 0.6 is 0 Å². The van der Waals surface area contributed by atoms with Gasteiger partial charge in [0.2, 0.25) is 5.91 Å². The molecule has 1 atom stereocenters. The van der Waals surface area contributed by atoms with Crippen molar-refractivity contribution in [3.8, 4) is 0 Å². The first-order chi connectivity index (χ1) is 10.1. The summed E-state index contributed by atoms with van der Waals surface area (Å²) in [5, 5.41) is 3.49. The molecule has 0 bridgehead atoms. The van der Waals surface area contributed by atoms with E-state index >= 15 is 0 Å². The zero-order valence-corrected chi connectivity index (χ0v) is 14.3. The maximum absolute atomic E-state index is 13.4. The van der Waals surface area contributed by atoms with E-state index in [4.69, 9.17) is 0 Å². The summed E-state index contributed by atoms with van der Waals surface area (Å²) in [5.41, 5.74) is -0.121. The van der Waals surface area contributed by atoms with Gasteiger partial charge in [-0.15, -0.1) is 0 Å². The molecule has 1 saturated heterocycles. The Morgan fingerprint density at radius 3 is 2.52 bits per heavy atom. The van der Waals surface area contributed by atoms with Crippen LogP contribution in [0.15, 0.2) is 0 Å². The lowest BCUT2D eigenvalue weighted by Gasteiger charge is -2.43. The molecule has 0 aromatic rings. The smallest absolute Gasteiger partial charge is 0.230 e. The zero-order valence-electron chi connectivity index (χ0n) is 14.3. The summed E-state index contributed by atoms with van der Waals surface area (Å²) in [5.74, 6) is 1.02. The van der Waals surface area contributed by atoms with E-state index in [1.165, 1.54) is 25.7 Å². The Morgan fingerprint density at radius 1 is 1.29 bits per heavy atom. The fourth-order valence-electron chi connectivity index (χ4n) is 4.26. The van der Waals surface area contributed by atoms with Gasteiger partial charge in [-0.25, -0.2) is 0 Å². The highest BCUT2D eigenvalue weighted by Crippen LogP contribution is 2.36. The fourth-order valence-corrected chi connectivity index (χ4v) is 4.26. The first-order valence-corrected chi connectivity index (χ1v) is 9.11. The Labute approximate surface area is 130 Å². The van der Waals surface area contributed by atoms with Crippen LogP contribution < -0.4 is 5.32 Å². The lowest BCUT2D eigenvalue weighted by atomic mass is 9.75. The van der Waals surface area contributed by atoms with Crippen molar-refractivity contribution in [1.29, 1.82) is 0 Å². The zero-order chi connectivity index (χ0) is 15.3. The molecule has 21 heavy (non-hydrogen) atoms. The summed E-state index contributed by atoms with van der Waals surface area (Å²) in [7, 11) is 0. The van der Waals surface area contributed by atoms with Crippen molar-refractivity contribution in [2.45, 2.75) is 78.2 Å². The average molecular weight is 294 g/mol. The molecular formula is C18H34N2O. The molecule has 1 heterocycles. The Kier molecular flexibility index (Phi) is 6.09. The van der Waals surface area contributed by atoms with E-state index in [1.807, 2.05) is 0 Å². The molecule has 0 aromatic carbocycles. The normalized spacial score (nSPS) is 27.2. The van der Waals surface area contributed by atoms with Crippen LogP contribution in [0.5, 0.6) is 0 Å². The second kappa shape index (κ2) is 7.62. The van der Waals surface area contributed by atoms with Crippen LogP contribution in [0.4, 0.5) is 0 Å². The molecule has 1 aliphatic heterocycles.